The fourth-order valence-electron chi connectivity index (χ4n) is 3.24. The predicted molar refractivity (Wildman–Crippen MR) is 110 cm³/mol. The number of benzene rings is 2. The van der Waals surface area contributed by atoms with Gasteiger partial charge in [-0.2, -0.15) is 0 Å². The highest BCUT2D eigenvalue weighted by Crippen LogP contribution is 2.44. The average Bonchev–Trinajstić information content (AvgIpc) is 2.90. The largest absolute Gasteiger partial charge is 0.379 e. The molecule has 1 amide bonds. The van der Waals surface area contributed by atoms with Gasteiger partial charge in [0.2, 0.25) is 0 Å². The first kappa shape index (κ1) is 20.1. The summed E-state index contributed by atoms with van der Waals surface area (Å²) in [6.45, 7) is 2.43. The molecule has 2 aromatic carbocycles. The Morgan fingerprint density at radius 1 is 1.11 bits per heavy atom. The fourth-order valence-corrected chi connectivity index (χ4v) is 3.69. The molecule has 1 aliphatic heterocycles. The highest BCUT2D eigenvalue weighted by molar-refractivity contribution is 6.32. The number of rotatable bonds is 8. The minimum atomic E-state index is -1.11. The number of hydrogen-bond donors (Lipinski definition) is 2. The van der Waals surface area contributed by atoms with Gasteiger partial charge >= 0.3 is 0 Å². The number of anilines is 1. The van der Waals surface area contributed by atoms with Crippen molar-refractivity contribution in [3.8, 4) is 0 Å². The summed E-state index contributed by atoms with van der Waals surface area (Å²) in [5.74, 6) is -0.179. The minimum Gasteiger partial charge on any atom is -0.379 e. The maximum Gasteiger partial charge on any atom is 0.254 e. The first-order valence-corrected chi connectivity index (χ1v) is 9.54. The molecule has 0 saturated heterocycles. The molecule has 0 spiro atoms. The molecule has 27 heavy (non-hydrogen) atoms. The highest BCUT2D eigenvalue weighted by atomic mass is 35.5. The Kier molecular flexibility index (Phi) is 6.40. The quantitative estimate of drug-likeness (QED) is 0.658. The van der Waals surface area contributed by atoms with Gasteiger partial charge < -0.3 is 15.0 Å². The Hall–Kier alpha value is -1.63. The predicted octanol–water partition coefficient (Wildman–Crippen LogP) is 3.36. The van der Waals surface area contributed by atoms with Crippen molar-refractivity contribution in [1.29, 1.82) is 0 Å². The second kappa shape index (κ2) is 8.59. The molecular formula is C20H23Cl2N3O2. The number of halogens is 2. The van der Waals surface area contributed by atoms with Crippen LogP contribution in [0.1, 0.15) is 11.1 Å². The molecule has 1 aliphatic rings. The number of likely N-dealkylation sites (N-methyl/N-ethyl adjacent to an activating group) is 1. The van der Waals surface area contributed by atoms with Gasteiger partial charge in [-0.15, -0.1) is 0 Å². The Balaban J connectivity index is 1.89. The van der Waals surface area contributed by atoms with E-state index in [1.54, 1.807) is 18.2 Å². The fraction of sp³-hybridized carbons (Fsp3) is 0.350. The van der Waals surface area contributed by atoms with E-state index in [-0.39, 0.29) is 5.91 Å². The lowest BCUT2D eigenvalue weighted by atomic mass is 9.83. The number of hydrogen-bond acceptors (Lipinski definition) is 4. The van der Waals surface area contributed by atoms with Gasteiger partial charge in [0, 0.05) is 39.9 Å². The van der Waals surface area contributed by atoms with Crippen molar-refractivity contribution in [1.82, 2.24) is 10.2 Å². The van der Waals surface area contributed by atoms with Crippen LogP contribution in [0.5, 0.6) is 0 Å². The van der Waals surface area contributed by atoms with Gasteiger partial charge in [-0.3, -0.25) is 10.1 Å². The second-order valence-corrected chi connectivity index (χ2v) is 7.56. The van der Waals surface area contributed by atoms with E-state index in [0.717, 1.165) is 17.8 Å². The maximum atomic E-state index is 13.1. The van der Waals surface area contributed by atoms with E-state index in [9.17, 15) is 4.79 Å². The normalized spacial score (nSPS) is 18.6. The molecule has 0 aliphatic carbocycles. The Morgan fingerprint density at radius 3 is 2.63 bits per heavy atom. The van der Waals surface area contributed by atoms with Crippen LogP contribution in [0.3, 0.4) is 0 Å². The topological polar surface area (TPSA) is 53.6 Å². The van der Waals surface area contributed by atoms with Crippen molar-refractivity contribution in [3.63, 3.8) is 0 Å². The number of nitrogens with one attached hydrogen (secondary N) is 2. The van der Waals surface area contributed by atoms with E-state index in [2.05, 4.69) is 15.5 Å². The van der Waals surface area contributed by atoms with Gasteiger partial charge in [0.15, 0.2) is 5.54 Å². The van der Waals surface area contributed by atoms with Crippen LogP contribution < -0.4 is 10.6 Å². The standard InChI is InChI=1S/C20H23Cl2N3O2/c1-25(2)10-12-27-11-9-23-20(15-5-3-4-6-17(15)22)16-13-14(21)7-8-18(16)24-19(20)26/h3-8,13,23H,9-12H2,1-2H3,(H,24,26). The lowest BCUT2D eigenvalue weighted by Gasteiger charge is -2.30. The molecule has 3 rings (SSSR count). The summed E-state index contributed by atoms with van der Waals surface area (Å²) >= 11 is 12.7. The lowest BCUT2D eigenvalue weighted by Crippen LogP contribution is -2.50. The maximum absolute atomic E-state index is 13.1. The average molecular weight is 408 g/mol. The first-order valence-electron chi connectivity index (χ1n) is 8.79. The molecule has 0 radical (unpaired) electrons. The molecule has 5 nitrogen and oxygen atoms in total. The zero-order chi connectivity index (χ0) is 19.4. The van der Waals surface area contributed by atoms with Crippen molar-refractivity contribution in [2.24, 2.45) is 0 Å². The van der Waals surface area contributed by atoms with Crippen molar-refractivity contribution < 1.29 is 9.53 Å². The van der Waals surface area contributed by atoms with E-state index in [4.69, 9.17) is 27.9 Å². The van der Waals surface area contributed by atoms with Crippen LogP contribution in [-0.2, 0) is 15.1 Å². The Bertz CT molecular complexity index is 829. The summed E-state index contributed by atoms with van der Waals surface area (Å²) in [7, 11) is 4.00. The van der Waals surface area contributed by atoms with Crippen molar-refractivity contribution in [3.05, 3.63) is 63.6 Å². The van der Waals surface area contributed by atoms with Crippen LogP contribution in [0, 0.1) is 0 Å². The van der Waals surface area contributed by atoms with Gasteiger partial charge in [0.1, 0.15) is 0 Å². The number of nitrogens with zero attached hydrogens (tertiary/aromatic N) is 1. The summed E-state index contributed by atoms with van der Waals surface area (Å²) in [6.07, 6.45) is 0. The van der Waals surface area contributed by atoms with E-state index < -0.39 is 5.54 Å². The highest BCUT2D eigenvalue weighted by Gasteiger charge is 2.49. The lowest BCUT2D eigenvalue weighted by molar-refractivity contribution is -0.120. The third kappa shape index (κ3) is 4.13. The smallest absolute Gasteiger partial charge is 0.254 e. The molecule has 0 bridgehead atoms. The van der Waals surface area contributed by atoms with E-state index in [1.165, 1.54) is 0 Å². The minimum absolute atomic E-state index is 0.179. The second-order valence-electron chi connectivity index (χ2n) is 6.72. The van der Waals surface area contributed by atoms with Crippen molar-refractivity contribution in [2.75, 3.05) is 45.7 Å². The number of amides is 1. The van der Waals surface area contributed by atoms with Gasteiger partial charge in [0.25, 0.3) is 5.91 Å². The SMILES string of the molecule is CN(C)CCOCCNC1(c2ccccc2Cl)C(=O)Nc2ccc(Cl)cc21. The zero-order valence-electron chi connectivity index (χ0n) is 15.4. The molecule has 1 unspecified atom stereocenters. The monoisotopic (exact) mass is 407 g/mol. The molecule has 1 heterocycles. The molecule has 0 saturated carbocycles. The molecule has 2 aromatic rings. The third-order valence-electron chi connectivity index (χ3n) is 4.57. The van der Waals surface area contributed by atoms with Gasteiger partial charge in [-0.25, -0.2) is 0 Å². The van der Waals surface area contributed by atoms with Crippen molar-refractivity contribution in [2.45, 2.75) is 5.54 Å². The van der Waals surface area contributed by atoms with Gasteiger partial charge in [-0.1, -0.05) is 41.4 Å². The molecular weight excluding hydrogens is 385 g/mol. The third-order valence-corrected chi connectivity index (χ3v) is 5.14. The summed E-state index contributed by atoms with van der Waals surface area (Å²) in [5.41, 5.74) is 1.08. The molecule has 2 N–H and O–H groups in total. The Labute approximate surface area is 169 Å². The number of carbonyl (C=O) groups excluding carboxylic acids is 1. The van der Waals surface area contributed by atoms with Gasteiger partial charge in [0.05, 0.1) is 13.2 Å². The molecule has 144 valence electrons. The van der Waals surface area contributed by atoms with E-state index >= 15 is 0 Å². The van der Waals surface area contributed by atoms with Crippen LogP contribution in [0.4, 0.5) is 5.69 Å². The molecule has 7 heteroatoms. The zero-order valence-corrected chi connectivity index (χ0v) is 16.9. The number of ether oxygens (including phenoxy) is 1. The van der Waals surface area contributed by atoms with E-state index in [1.807, 2.05) is 38.4 Å². The van der Waals surface area contributed by atoms with Crippen LogP contribution in [0.25, 0.3) is 0 Å². The molecule has 1 atom stereocenters. The van der Waals surface area contributed by atoms with Crippen molar-refractivity contribution >= 4 is 34.8 Å². The number of carbonyl (C=O) groups is 1. The van der Waals surface area contributed by atoms with Crippen LogP contribution in [-0.4, -0.2) is 51.2 Å². The molecule has 0 fully saturated rings. The van der Waals surface area contributed by atoms with Crippen LogP contribution >= 0.6 is 23.2 Å². The summed E-state index contributed by atoms with van der Waals surface area (Å²) < 4.78 is 5.67. The Morgan fingerprint density at radius 2 is 1.89 bits per heavy atom. The van der Waals surface area contributed by atoms with E-state index in [0.29, 0.717) is 35.4 Å². The van der Waals surface area contributed by atoms with Gasteiger partial charge in [-0.05, 0) is 38.4 Å². The first-order chi connectivity index (χ1) is 12.9. The summed E-state index contributed by atoms with van der Waals surface area (Å²) in [4.78, 5) is 15.2. The summed E-state index contributed by atoms with van der Waals surface area (Å²) in [5, 5.41) is 7.40. The number of fused-ring (bicyclic) bond motifs is 1. The summed E-state index contributed by atoms with van der Waals surface area (Å²) in [6, 6.07) is 12.7. The van der Waals surface area contributed by atoms with Crippen LogP contribution in [0.2, 0.25) is 10.0 Å². The van der Waals surface area contributed by atoms with Crippen LogP contribution in [0.15, 0.2) is 42.5 Å². The molecule has 0 aromatic heterocycles.